The van der Waals surface area contributed by atoms with Crippen molar-refractivity contribution in [2.24, 2.45) is 0 Å². The van der Waals surface area contributed by atoms with Gasteiger partial charge in [-0.3, -0.25) is 0 Å². The van der Waals surface area contributed by atoms with E-state index >= 15 is 0 Å². The molecule has 0 unspecified atom stereocenters. The van der Waals surface area contributed by atoms with Gasteiger partial charge in [0.05, 0.1) is 13.7 Å². The van der Waals surface area contributed by atoms with Crippen molar-refractivity contribution >= 4 is 19.9 Å². The second-order valence-electron chi connectivity index (χ2n) is 6.77. The maximum Gasteiger partial charge on any atom is 0.408 e. The van der Waals surface area contributed by atoms with Gasteiger partial charge in [-0.15, -0.1) is 0 Å². The van der Waals surface area contributed by atoms with E-state index < -0.39 is 23.7 Å². The van der Waals surface area contributed by atoms with Crippen molar-refractivity contribution < 1.29 is 23.8 Å². The molecule has 6 nitrogen and oxygen atoms in total. The maximum atomic E-state index is 11.9. The SMILES string of the molecule is BCCCOc1ccc(C[C@H](NC(=O)OC(C)(C)C)C(=O)OC)cc1. The Labute approximate surface area is 150 Å². The van der Waals surface area contributed by atoms with Crippen molar-refractivity contribution in [3.8, 4) is 5.75 Å². The summed E-state index contributed by atoms with van der Waals surface area (Å²) in [5.41, 5.74) is 0.247. The van der Waals surface area contributed by atoms with E-state index in [-0.39, 0.29) is 0 Å². The summed E-state index contributed by atoms with van der Waals surface area (Å²) in [5, 5.41) is 2.56. The molecule has 1 N–H and O–H groups in total. The first kappa shape index (κ1) is 20.9. The second kappa shape index (κ2) is 9.96. The molecule has 138 valence electrons. The summed E-state index contributed by atoms with van der Waals surface area (Å²) in [6.45, 7) is 5.96. The predicted molar refractivity (Wildman–Crippen MR) is 98.8 cm³/mol. The van der Waals surface area contributed by atoms with Crippen molar-refractivity contribution in [1.82, 2.24) is 5.32 Å². The van der Waals surface area contributed by atoms with Crippen LogP contribution in [0.2, 0.25) is 6.32 Å². The smallest absolute Gasteiger partial charge is 0.408 e. The van der Waals surface area contributed by atoms with Crippen molar-refractivity contribution in [2.75, 3.05) is 13.7 Å². The number of benzene rings is 1. The van der Waals surface area contributed by atoms with Gasteiger partial charge in [-0.1, -0.05) is 18.5 Å². The molecule has 0 aromatic heterocycles. The summed E-state index contributed by atoms with van der Waals surface area (Å²) < 4.78 is 15.6. The highest BCUT2D eigenvalue weighted by Crippen LogP contribution is 2.15. The molecule has 1 rings (SSSR count). The molecule has 1 atom stereocenters. The number of nitrogens with one attached hydrogen (secondary N) is 1. The van der Waals surface area contributed by atoms with Crippen LogP contribution in [0.1, 0.15) is 32.8 Å². The van der Waals surface area contributed by atoms with Crippen molar-refractivity contribution in [2.45, 2.75) is 51.6 Å². The number of rotatable bonds is 8. The zero-order valence-electron chi connectivity index (χ0n) is 15.8. The molecular weight excluding hydrogens is 321 g/mol. The van der Waals surface area contributed by atoms with Gasteiger partial charge in [-0.05, 0) is 44.9 Å². The minimum Gasteiger partial charge on any atom is -0.494 e. The molecule has 1 aromatic rings. The summed E-state index contributed by atoms with van der Waals surface area (Å²) in [6, 6.07) is 6.63. The fourth-order valence-corrected chi connectivity index (χ4v) is 2.08. The molecule has 0 aliphatic rings. The normalized spacial score (nSPS) is 12.2. The van der Waals surface area contributed by atoms with Crippen LogP contribution in [0.4, 0.5) is 4.79 Å². The summed E-state index contributed by atoms with van der Waals surface area (Å²) in [4.78, 5) is 23.9. The number of esters is 1. The Balaban J connectivity index is 2.68. The summed E-state index contributed by atoms with van der Waals surface area (Å²) in [5.74, 6) is 0.265. The predicted octanol–water partition coefficient (Wildman–Crippen LogP) is 2.12. The van der Waals surface area contributed by atoms with Gasteiger partial charge in [0.2, 0.25) is 0 Å². The molecule has 0 radical (unpaired) electrons. The van der Waals surface area contributed by atoms with Crippen LogP contribution in [-0.4, -0.2) is 45.3 Å². The Bertz CT molecular complexity index is 554. The Morgan fingerprint density at radius 2 is 1.84 bits per heavy atom. The number of methoxy groups -OCH3 is 1. The zero-order chi connectivity index (χ0) is 18.9. The van der Waals surface area contributed by atoms with Crippen molar-refractivity contribution in [1.29, 1.82) is 0 Å². The van der Waals surface area contributed by atoms with Gasteiger partial charge >= 0.3 is 12.1 Å². The second-order valence-corrected chi connectivity index (χ2v) is 6.77. The average Bonchev–Trinajstić information content (AvgIpc) is 2.53. The molecule has 0 bridgehead atoms. The number of hydrogen-bond acceptors (Lipinski definition) is 5. The molecule has 0 saturated carbocycles. The van der Waals surface area contributed by atoms with Crippen LogP contribution in [0.3, 0.4) is 0 Å². The Hall–Kier alpha value is -2.18. The minimum absolute atomic E-state index is 0.307. The first-order valence-corrected chi connectivity index (χ1v) is 8.54. The fourth-order valence-electron chi connectivity index (χ4n) is 2.08. The highest BCUT2D eigenvalue weighted by molar-refractivity contribution is 6.08. The number of carbonyl (C=O) groups excluding carboxylic acids is 2. The Morgan fingerprint density at radius 1 is 1.20 bits per heavy atom. The standard InChI is InChI=1S/C18H28BNO5/c1-18(2,3)25-17(22)20-15(16(21)23-4)12-13-6-8-14(9-7-13)24-11-5-10-19/h6-9,15H,5,10-12,19H2,1-4H3,(H,20,22)/t15-/m0/s1. The number of ether oxygens (including phenoxy) is 3. The monoisotopic (exact) mass is 349 g/mol. The van der Waals surface area contributed by atoms with E-state index in [1.165, 1.54) is 7.11 Å². The van der Waals surface area contributed by atoms with Crippen LogP contribution in [0.5, 0.6) is 5.75 Å². The van der Waals surface area contributed by atoms with E-state index in [0.717, 1.165) is 24.1 Å². The number of alkyl carbamates (subject to hydrolysis) is 1. The topological polar surface area (TPSA) is 73.9 Å². The molecule has 0 saturated heterocycles. The van der Waals surface area contributed by atoms with Crippen molar-refractivity contribution in [3.63, 3.8) is 0 Å². The van der Waals surface area contributed by atoms with Gasteiger partial charge in [-0.2, -0.15) is 0 Å². The van der Waals surface area contributed by atoms with E-state index in [9.17, 15) is 9.59 Å². The third-order valence-electron chi connectivity index (χ3n) is 3.31. The van der Waals surface area contributed by atoms with E-state index in [1.54, 1.807) is 20.8 Å². The molecule has 0 heterocycles. The molecule has 0 spiro atoms. The molecule has 1 amide bonds. The molecule has 1 aromatic carbocycles. The van der Waals surface area contributed by atoms with Crippen LogP contribution in [0.15, 0.2) is 24.3 Å². The first-order chi connectivity index (χ1) is 11.7. The van der Waals surface area contributed by atoms with Gasteiger partial charge in [0.25, 0.3) is 0 Å². The molecule has 0 aliphatic heterocycles. The Morgan fingerprint density at radius 3 is 2.36 bits per heavy atom. The molecule has 7 heteroatoms. The quantitative estimate of drug-likeness (QED) is 0.442. The minimum atomic E-state index is -0.813. The highest BCUT2D eigenvalue weighted by Gasteiger charge is 2.25. The first-order valence-electron chi connectivity index (χ1n) is 8.54. The summed E-state index contributed by atoms with van der Waals surface area (Å²) >= 11 is 0. The molecule has 0 aliphatic carbocycles. The average molecular weight is 349 g/mol. The largest absolute Gasteiger partial charge is 0.494 e. The molecule has 25 heavy (non-hydrogen) atoms. The highest BCUT2D eigenvalue weighted by atomic mass is 16.6. The van der Waals surface area contributed by atoms with Crippen LogP contribution >= 0.6 is 0 Å². The molecular formula is C18H28BNO5. The third kappa shape index (κ3) is 8.47. The Kier molecular flexibility index (Phi) is 8.32. The van der Waals surface area contributed by atoms with Crippen LogP contribution in [0, 0.1) is 0 Å². The van der Waals surface area contributed by atoms with E-state index in [4.69, 9.17) is 14.2 Å². The van der Waals surface area contributed by atoms with E-state index in [0.29, 0.717) is 13.0 Å². The van der Waals surface area contributed by atoms with Gasteiger partial charge in [0.1, 0.15) is 25.2 Å². The van der Waals surface area contributed by atoms with Gasteiger partial charge < -0.3 is 19.5 Å². The lowest BCUT2D eigenvalue weighted by molar-refractivity contribution is -0.143. The van der Waals surface area contributed by atoms with Crippen LogP contribution in [0.25, 0.3) is 0 Å². The van der Waals surface area contributed by atoms with E-state index in [1.807, 2.05) is 24.3 Å². The number of amides is 1. The summed E-state index contributed by atoms with van der Waals surface area (Å²) in [7, 11) is 3.40. The lowest BCUT2D eigenvalue weighted by Gasteiger charge is -2.22. The van der Waals surface area contributed by atoms with Crippen molar-refractivity contribution in [3.05, 3.63) is 29.8 Å². The lowest BCUT2D eigenvalue weighted by atomic mass is 10.0. The van der Waals surface area contributed by atoms with Crippen LogP contribution < -0.4 is 10.1 Å². The van der Waals surface area contributed by atoms with Gasteiger partial charge in [-0.25, -0.2) is 9.59 Å². The maximum absolute atomic E-state index is 11.9. The lowest BCUT2D eigenvalue weighted by Crippen LogP contribution is -2.45. The zero-order valence-corrected chi connectivity index (χ0v) is 15.8. The third-order valence-corrected chi connectivity index (χ3v) is 3.31. The number of carbonyl (C=O) groups is 2. The fraction of sp³-hybridized carbons (Fsp3) is 0.556. The summed E-state index contributed by atoms with van der Waals surface area (Å²) in [6.07, 6.45) is 1.74. The van der Waals surface area contributed by atoms with Crippen LogP contribution in [-0.2, 0) is 20.7 Å². The van der Waals surface area contributed by atoms with E-state index in [2.05, 4.69) is 13.2 Å². The number of hydrogen-bond donors (Lipinski definition) is 1. The van der Waals surface area contributed by atoms with Gasteiger partial charge in [0.15, 0.2) is 0 Å². The molecule has 0 fully saturated rings. The van der Waals surface area contributed by atoms with Gasteiger partial charge in [0, 0.05) is 6.42 Å².